The molecule has 3 rings (SSSR count). The van der Waals surface area contributed by atoms with Crippen LogP contribution in [-0.4, -0.2) is 33.0 Å². The molecule has 2 amide bonds. The third-order valence-corrected chi connectivity index (χ3v) is 4.22. The first-order valence-corrected chi connectivity index (χ1v) is 8.41. The normalized spacial score (nSPS) is 10.5. The molecule has 0 aliphatic carbocycles. The van der Waals surface area contributed by atoms with Crippen LogP contribution in [0.5, 0.6) is 0 Å². The van der Waals surface area contributed by atoms with E-state index in [2.05, 4.69) is 56.2 Å². The van der Waals surface area contributed by atoms with Crippen molar-refractivity contribution in [2.45, 2.75) is 19.8 Å². The van der Waals surface area contributed by atoms with Crippen molar-refractivity contribution in [2.24, 2.45) is 0 Å². The maximum atomic E-state index is 11.8. The second-order valence-corrected chi connectivity index (χ2v) is 6.47. The van der Waals surface area contributed by atoms with Gasteiger partial charge in [0.1, 0.15) is 5.01 Å². The minimum absolute atomic E-state index is 0.281. The number of nitrogens with one attached hydrogen (secondary N) is 3. The molecule has 2 heterocycles. The predicted octanol–water partition coefficient (Wildman–Crippen LogP) is 2.52. The van der Waals surface area contributed by atoms with E-state index in [0.29, 0.717) is 18.1 Å². The third kappa shape index (κ3) is 4.63. The van der Waals surface area contributed by atoms with Gasteiger partial charge in [-0.05, 0) is 24.5 Å². The number of rotatable bonds is 6. The molecule has 0 unspecified atom stereocenters. The van der Waals surface area contributed by atoms with Crippen LogP contribution in [0.2, 0.25) is 0 Å². The van der Waals surface area contributed by atoms with Gasteiger partial charge in [0.2, 0.25) is 5.13 Å². The monoisotopic (exact) mass is 342 g/mol. The molecule has 0 fully saturated rings. The molecule has 1 aromatic carbocycles. The molecule has 0 radical (unpaired) electrons. The molecule has 124 valence electrons. The maximum absolute atomic E-state index is 11.8. The molecule has 7 nitrogen and oxygen atoms in total. The van der Waals surface area contributed by atoms with E-state index < -0.39 is 0 Å². The Balaban J connectivity index is 1.47. The molecule has 0 atom stereocenters. The van der Waals surface area contributed by atoms with Crippen LogP contribution in [0.4, 0.5) is 9.93 Å². The number of anilines is 1. The highest BCUT2D eigenvalue weighted by Gasteiger charge is 2.08. The van der Waals surface area contributed by atoms with Gasteiger partial charge in [-0.1, -0.05) is 41.2 Å². The van der Waals surface area contributed by atoms with Crippen molar-refractivity contribution in [3.63, 3.8) is 0 Å². The second kappa shape index (κ2) is 7.69. The van der Waals surface area contributed by atoms with Gasteiger partial charge in [0.05, 0.1) is 6.20 Å². The van der Waals surface area contributed by atoms with Gasteiger partial charge in [-0.2, -0.15) is 5.10 Å². The summed E-state index contributed by atoms with van der Waals surface area (Å²) in [7, 11) is 0. The highest BCUT2D eigenvalue weighted by Crippen LogP contribution is 2.18. The van der Waals surface area contributed by atoms with Crippen molar-refractivity contribution in [2.75, 3.05) is 11.9 Å². The van der Waals surface area contributed by atoms with Gasteiger partial charge in [-0.15, -0.1) is 10.2 Å². The number of aromatic amines is 1. The maximum Gasteiger partial charge on any atom is 0.321 e. The lowest BCUT2D eigenvalue weighted by atomic mass is 10.1. The van der Waals surface area contributed by atoms with Gasteiger partial charge >= 0.3 is 6.03 Å². The van der Waals surface area contributed by atoms with E-state index in [1.807, 2.05) is 12.3 Å². The number of amides is 2. The van der Waals surface area contributed by atoms with Crippen molar-refractivity contribution in [3.8, 4) is 0 Å². The average molecular weight is 342 g/mol. The summed E-state index contributed by atoms with van der Waals surface area (Å²) < 4.78 is 0. The van der Waals surface area contributed by atoms with E-state index >= 15 is 0 Å². The van der Waals surface area contributed by atoms with Gasteiger partial charge in [-0.3, -0.25) is 10.4 Å². The number of aryl methyl sites for hydroxylation is 1. The Morgan fingerprint density at radius 1 is 1.29 bits per heavy atom. The largest absolute Gasteiger partial charge is 0.337 e. The third-order valence-electron chi connectivity index (χ3n) is 3.38. The highest BCUT2D eigenvalue weighted by molar-refractivity contribution is 7.15. The number of carbonyl (C=O) groups excluding carboxylic acids is 1. The van der Waals surface area contributed by atoms with Crippen molar-refractivity contribution < 1.29 is 4.79 Å². The number of hydrogen-bond donors (Lipinski definition) is 3. The molecule has 3 aromatic rings. The van der Waals surface area contributed by atoms with Gasteiger partial charge in [0, 0.05) is 19.2 Å². The van der Waals surface area contributed by atoms with Crippen LogP contribution in [-0.2, 0) is 12.8 Å². The summed E-state index contributed by atoms with van der Waals surface area (Å²) in [5, 5.41) is 21.6. The summed E-state index contributed by atoms with van der Waals surface area (Å²) in [6, 6.07) is 7.99. The highest BCUT2D eigenvalue weighted by atomic mass is 32.1. The molecule has 0 aliphatic heterocycles. The molecule has 0 aliphatic rings. The number of benzene rings is 1. The van der Waals surface area contributed by atoms with Crippen molar-refractivity contribution in [1.82, 2.24) is 25.7 Å². The zero-order valence-electron chi connectivity index (χ0n) is 13.2. The fraction of sp³-hybridized carbons (Fsp3) is 0.250. The number of hydrogen-bond acceptors (Lipinski definition) is 5. The van der Waals surface area contributed by atoms with E-state index in [1.54, 1.807) is 6.20 Å². The molecule has 24 heavy (non-hydrogen) atoms. The number of H-pyrrole nitrogens is 1. The number of carbonyl (C=O) groups is 1. The van der Waals surface area contributed by atoms with E-state index in [1.165, 1.54) is 22.5 Å². The van der Waals surface area contributed by atoms with E-state index in [4.69, 9.17) is 0 Å². The Morgan fingerprint density at radius 2 is 2.21 bits per heavy atom. The molecule has 8 heteroatoms. The summed E-state index contributed by atoms with van der Waals surface area (Å²) in [6.07, 6.45) is 4.98. The summed E-state index contributed by atoms with van der Waals surface area (Å²) >= 11 is 1.38. The fourth-order valence-corrected chi connectivity index (χ4v) is 3.02. The molecular weight excluding hydrogens is 324 g/mol. The zero-order chi connectivity index (χ0) is 16.8. The van der Waals surface area contributed by atoms with Crippen LogP contribution in [0.25, 0.3) is 0 Å². The Bertz CT molecular complexity index is 799. The van der Waals surface area contributed by atoms with Crippen LogP contribution in [0, 0.1) is 6.92 Å². The fourth-order valence-electron chi connectivity index (χ4n) is 2.25. The topological polar surface area (TPSA) is 95.6 Å². The van der Waals surface area contributed by atoms with Crippen molar-refractivity contribution >= 4 is 22.5 Å². The molecule has 2 aromatic heterocycles. The summed E-state index contributed by atoms with van der Waals surface area (Å²) in [5.74, 6) is 0. The van der Waals surface area contributed by atoms with Crippen LogP contribution < -0.4 is 10.6 Å². The summed E-state index contributed by atoms with van der Waals surface area (Å²) in [4.78, 5) is 11.8. The van der Waals surface area contributed by atoms with Crippen LogP contribution in [0.3, 0.4) is 0 Å². The average Bonchev–Trinajstić information content (AvgIpc) is 3.20. The molecule has 3 N–H and O–H groups in total. The lowest BCUT2D eigenvalue weighted by Gasteiger charge is -2.03. The van der Waals surface area contributed by atoms with Gasteiger partial charge in [-0.25, -0.2) is 4.79 Å². The smallest absolute Gasteiger partial charge is 0.321 e. The molecule has 0 saturated carbocycles. The Hall–Kier alpha value is -2.74. The minimum atomic E-state index is -0.281. The minimum Gasteiger partial charge on any atom is -0.337 e. The molecule has 0 spiro atoms. The van der Waals surface area contributed by atoms with Crippen molar-refractivity contribution in [3.05, 3.63) is 58.4 Å². The Morgan fingerprint density at radius 3 is 3.00 bits per heavy atom. The Labute approximate surface area is 143 Å². The predicted molar refractivity (Wildman–Crippen MR) is 93.2 cm³/mol. The molecule has 0 saturated heterocycles. The standard InChI is InChI=1S/C16H18N6OS/c1-11-3-2-4-12(7-11)8-14-21-22-16(24-14)20-15(23)17-6-5-13-9-18-19-10-13/h2-4,7,9-10H,5-6,8H2,1H3,(H,18,19)(H2,17,20,22,23). The number of nitrogens with zero attached hydrogens (tertiary/aromatic N) is 3. The summed E-state index contributed by atoms with van der Waals surface area (Å²) in [5.41, 5.74) is 3.45. The quantitative estimate of drug-likeness (QED) is 0.641. The van der Waals surface area contributed by atoms with Crippen molar-refractivity contribution in [1.29, 1.82) is 0 Å². The van der Waals surface area contributed by atoms with Crippen LogP contribution in [0.1, 0.15) is 21.7 Å². The SMILES string of the molecule is Cc1cccc(Cc2nnc(NC(=O)NCCc3cn[nH]c3)s2)c1. The van der Waals surface area contributed by atoms with E-state index in [9.17, 15) is 4.79 Å². The lowest BCUT2D eigenvalue weighted by molar-refractivity contribution is 0.252. The van der Waals surface area contributed by atoms with Gasteiger partial charge in [0.25, 0.3) is 0 Å². The first-order chi connectivity index (χ1) is 11.7. The van der Waals surface area contributed by atoms with E-state index in [-0.39, 0.29) is 6.03 Å². The zero-order valence-corrected chi connectivity index (χ0v) is 14.1. The molecule has 0 bridgehead atoms. The van der Waals surface area contributed by atoms with Gasteiger partial charge in [0.15, 0.2) is 0 Å². The number of urea groups is 1. The van der Waals surface area contributed by atoms with Crippen LogP contribution >= 0.6 is 11.3 Å². The molecular formula is C16H18N6OS. The Kier molecular flexibility index (Phi) is 5.17. The second-order valence-electron chi connectivity index (χ2n) is 5.40. The first-order valence-electron chi connectivity index (χ1n) is 7.59. The van der Waals surface area contributed by atoms with Gasteiger partial charge < -0.3 is 5.32 Å². The van der Waals surface area contributed by atoms with Crippen LogP contribution in [0.15, 0.2) is 36.7 Å². The number of aromatic nitrogens is 4. The van der Waals surface area contributed by atoms with E-state index in [0.717, 1.165) is 17.0 Å². The summed E-state index contributed by atoms with van der Waals surface area (Å²) in [6.45, 7) is 2.59. The lowest BCUT2D eigenvalue weighted by Crippen LogP contribution is -2.30. The first kappa shape index (κ1) is 16.1.